The summed E-state index contributed by atoms with van der Waals surface area (Å²) in [5.74, 6) is -2.78. The largest absolute Gasteiger partial charge is 0.395 e. The number of hydrogen-bond acceptors (Lipinski definition) is 1. The highest BCUT2D eigenvalue weighted by Crippen LogP contribution is 2.47. The molecule has 0 amide bonds. The molecule has 1 saturated carbocycles. The fraction of sp³-hybridized carbons (Fsp3) is 0.500. The van der Waals surface area contributed by atoms with E-state index in [2.05, 4.69) is 0 Å². The first-order chi connectivity index (χ1) is 6.98. The van der Waals surface area contributed by atoms with Gasteiger partial charge in [0, 0.05) is 17.9 Å². The summed E-state index contributed by atoms with van der Waals surface area (Å²) >= 11 is 0. The van der Waals surface area contributed by atoms with Crippen LogP contribution in [-0.4, -0.2) is 11.7 Å². The second kappa shape index (κ2) is 3.27. The predicted octanol–water partition coefficient (Wildman–Crippen LogP) is 2.82. The molecule has 1 aromatic rings. The van der Waals surface area contributed by atoms with Crippen LogP contribution in [0.4, 0.5) is 8.78 Å². The lowest BCUT2D eigenvalue weighted by atomic mass is 9.95. The van der Waals surface area contributed by atoms with Crippen molar-refractivity contribution in [3.63, 3.8) is 0 Å². The normalized spacial score (nSPS) is 18.9. The summed E-state index contributed by atoms with van der Waals surface area (Å²) in [5, 5.41) is 9.19. The summed E-state index contributed by atoms with van der Waals surface area (Å²) in [7, 11) is 0. The van der Waals surface area contributed by atoms with Gasteiger partial charge in [0.25, 0.3) is 5.92 Å². The lowest BCUT2D eigenvalue weighted by Crippen LogP contribution is -2.13. The van der Waals surface area contributed by atoms with E-state index in [0.29, 0.717) is 0 Å². The smallest absolute Gasteiger partial charge is 0.270 e. The van der Waals surface area contributed by atoms with E-state index >= 15 is 0 Å². The number of aliphatic hydroxyl groups is 1. The van der Waals surface area contributed by atoms with Gasteiger partial charge in [-0.2, -0.15) is 0 Å². The van der Waals surface area contributed by atoms with Crippen LogP contribution in [0.3, 0.4) is 0 Å². The number of halogens is 2. The third-order valence-electron chi connectivity index (χ3n) is 3.16. The molecule has 0 aliphatic heterocycles. The molecule has 15 heavy (non-hydrogen) atoms. The van der Waals surface area contributed by atoms with Crippen molar-refractivity contribution in [2.24, 2.45) is 0 Å². The fourth-order valence-corrected chi connectivity index (χ4v) is 1.81. The minimum atomic E-state index is -2.78. The second-order valence-corrected chi connectivity index (χ2v) is 4.40. The van der Waals surface area contributed by atoms with Crippen molar-refractivity contribution < 1.29 is 13.9 Å². The van der Waals surface area contributed by atoms with Crippen molar-refractivity contribution >= 4 is 0 Å². The number of hydrogen-bond donors (Lipinski definition) is 1. The first-order valence-corrected chi connectivity index (χ1v) is 5.08. The van der Waals surface area contributed by atoms with Gasteiger partial charge in [0.1, 0.15) is 0 Å². The Kier molecular flexibility index (Phi) is 2.30. The van der Waals surface area contributed by atoms with Crippen LogP contribution >= 0.6 is 0 Å². The van der Waals surface area contributed by atoms with Crippen LogP contribution in [0.2, 0.25) is 0 Å². The summed E-state index contributed by atoms with van der Waals surface area (Å²) in [6.45, 7) is 0.996. The molecule has 0 bridgehead atoms. The van der Waals surface area contributed by atoms with Crippen molar-refractivity contribution in [3.05, 3.63) is 35.4 Å². The topological polar surface area (TPSA) is 20.2 Å². The summed E-state index contributed by atoms with van der Waals surface area (Å²) in [6.07, 6.45) is 1.90. The Morgan fingerprint density at radius 3 is 2.13 bits per heavy atom. The van der Waals surface area contributed by atoms with Gasteiger partial charge in [-0.25, -0.2) is 8.78 Å². The van der Waals surface area contributed by atoms with E-state index in [0.717, 1.165) is 25.3 Å². The van der Waals surface area contributed by atoms with Crippen molar-refractivity contribution in [2.45, 2.75) is 31.1 Å². The Morgan fingerprint density at radius 2 is 1.80 bits per heavy atom. The van der Waals surface area contributed by atoms with Crippen molar-refractivity contribution in [2.75, 3.05) is 6.61 Å². The molecule has 0 saturated heterocycles. The number of alkyl halides is 2. The lowest BCUT2D eigenvalue weighted by molar-refractivity contribution is 0.0174. The van der Waals surface area contributed by atoms with Gasteiger partial charge in [-0.1, -0.05) is 24.3 Å². The third-order valence-corrected chi connectivity index (χ3v) is 3.16. The molecule has 82 valence electrons. The summed E-state index contributed by atoms with van der Waals surface area (Å²) in [4.78, 5) is 0. The van der Waals surface area contributed by atoms with Gasteiger partial charge >= 0.3 is 0 Å². The van der Waals surface area contributed by atoms with Gasteiger partial charge in [0.2, 0.25) is 0 Å². The molecule has 0 atom stereocenters. The average molecular weight is 212 g/mol. The first kappa shape index (κ1) is 10.6. The van der Waals surface area contributed by atoms with E-state index in [1.165, 1.54) is 12.1 Å². The zero-order valence-corrected chi connectivity index (χ0v) is 8.63. The molecule has 1 N–H and O–H groups in total. The van der Waals surface area contributed by atoms with Gasteiger partial charge in [-0.15, -0.1) is 0 Å². The highest BCUT2D eigenvalue weighted by atomic mass is 19.3. The monoisotopic (exact) mass is 212 g/mol. The Morgan fingerprint density at radius 1 is 1.27 bits per heavy atom. The Hall–Kier alpha value is -0.960. The van der Waals surface area contributed by atoms with E-state index in [1.807, 2.05) is 0 Å². The van der Waals surface area contributed by atoms with E-state index in [9.17, 15) is 13.9 Å². The standard InChI is InChI=1S/C12H14F2O/c1-11(13,14)9-2-4-10(5-3-9)12(8-15)6-7-12/h2-5,15H,6-8H2,1H3. The maximum absolute atomic E-state index is 12.9. The van der Waals surface area contributed by atoms with Crippen LogP contribution in [-0.2, 0) is 11.3 Å². The minimum Gasteiger partial charge on any atom is -0.395 e. The van der Waals surface area contributed by atoms with Gasteiger partial charge in [-0.3, -0.25) is 0 Å². The van der Waals surface area contributed by atoms with E-state index < -0.39 is 5.92 Å². The zero-order valence-electron chi connectivity index (χ0n) is 8.63. The molecule has 1 nitrogen and oxygen atoms in total. The first-order valence-electron chi connectivity index (χ1n) is 5.08. The molecule has 1 fully saturated rings. The average Bonchev–Trinajstić information content (AvgIpc) is 2.97. The molecule has 0 heterocycles. The van der Waals surface area contributed by atoms with Crippen molar-refractivity contribution in [1.29, 1.82) is 0 Å². The second-order valence-electron chi connectivity index (χ2n) is 4.40. The molecule has 1 aliphatic carbocycles. The molecule has 1 aliphatic rings. The maximum atomic E-state index is 12.9. The summed E-state index contributed by atoms with van der Waals surface area (Å²) in [6, 6.07) is 6.31. The molecule has 3 heteroatoms. The number of aliphatic hydroxyl groups excluding tert-OH is 1. The number of rotatable bonds is 3. The van der Waals surface area contributed by atoms with Crippen LogP contribution < -0.4 is 0 Å². The van der Waals surface area contributed by atoms with Gasteiger partial charge < -0.3 is 5.11 Å². The molecule has 0 spiro atoms. The van der Waals surface area contributed by atoms with Gasteiger partial charge in [0.05, 0.1) is 6.61 Å². The Balaban J connectivity index is 2.25. The number of benzene rings is 1. The van der Waals surface area contributed by atoms with Crippen LogP contribution in [0.15, 0.2) is 24.3 Å². The summed E-state index contributed by atoms with van der Waals surface area (Å²) in [5.41, 5.74) is 0.861. The van der Waals surface area contributed by atoms with Crippen LogP contribution in [0.5, 0.6) is 0 Å². The Labute approximate surface area is 87.7 Å². The summed E-state index contributed by atoms with van der Waals surface area (Å²) < 4.78 is 25.9. The molecule has 1 aromatic carbocycles. The van der Waals surface area contributed by atoms with Crippen LogP contribution in [0.1, 0.15) is 30.9 Å². The lowest BCUT2D eigenvalue weighted by Gasteiger charge is -2.15. The van der Waals surface area contributed by atoms with Crippen molar-refractivity contribution in [1.82, 2.24) is 0 Å². The molecule has 0 radical (unpaired) electrons. The zero-order chi connectivity index (χ0) is 11.1. The van der Waals surface area contributed by atoms with E-state index in [1.54, 1.807) is 12.1 Å². The van der Waals surface area contributed by atoms with Gasteiger partial charge in [-0.05, 0) is 18.4 Å². The quantitative estimate of drug-likeness (QED) is 0.816. The van der Waals surface area contributed by atoms with E-state index in [-0.39, 0.29) is 17.6 Å². The van der Waals surface area contributed by atoms with Gasteiger partial charge in [0.15, 0.2) is 0 Å². The molecule has 0 aromatic heterocycles. The highest BCUT2D eigenvalue weighted by Gasteiger charge is 2.43. The molecule has 2 rings (SSSR count). The maximum Gasteiger partial charge on any atom is 0.270 e. The Bertz CT molecular complexity index is 347. The SMILES string of the molecule is CC(F)(F)c1ccc(C2(CO)CC2)cc1. The minimum absolute atomic E-state index is 0.0278. The fourth-order valence-electron chi connectivity index (χ4n) is 1.81. The van der Waals surface area contributed by atoms with Crippen LogP contribution in [0.25, 0.3) is 0 Å². The molecular formula is C12H14F2O. The highest BCUT2D eigenvalue weighted by molar-refractivity contribution is 5.34. The van der Waals surface area contributed by atoms with Crippen LogP contribution in [0, 0.1) is 0 Å². The predicted molar refractivity (Wildman–Crippen MR) is 54.0 cm³/mol. The molecule has 0 unspecified atom stereocenters. The molecular weight excluding hydrogens is 198 g/mol. The third kappa shape index (κ3) is 1.88. The van der Waals surface area contributed by atoms with Crippen molar-refractivity contribution in [3.8, 4) is 0 Å². The van der Waals surface area contributed by atoms with E-state index in [4.69, 9.17) is 0 Å².